The van der Waals surface area contributed by atoms with Crippen LogP contribution in [-0.2, 0) is 16.0 Å². The van der Waals surface area contributed by atoms with Crippen LogP contribution in [0.2, 0.25) is 5.02 Å². The van der Waals surface area contributed by atoms with Crippen LogP contribution in [0.5, 0.6) is 11.5 Å². The standard InChI is InChI=1S/C24H30ClNO5/c1-29-20-15-19(16-21(17-20)30-2)24(28)26(13-7-6-12-23(27)31-3)14-8-10-18-9-4-5-11-22(18)25/h4-5,9,11,15-17H,6-8,10,12-14H2,1-3H3. The van der Waals surface area contributed by atoms with E-state index in [1.165, 1.54) is 7.11 Å². The number of ether oxygens (including phenoxy) is 3. The second-order valence-corrected chi connectivity index (χ2v) is 7.53. The fraction of sp³-hybridized carbons (Fsp3) is 0.417. The Morgan fingerprint density at radius 3 is 2.16 bits per heavy atom. The summed E-state index contributed by atoms with van der Waals surface area (Å²) in [5.41, 5.74) is 1.56. The maximum atomic E-state index is 13.3. The molecule has 0 aliphatic carbocycles. The van der Waals surface area contributed by atoms with Gasteiger partial charge in [0.05, 0.1) is 21.3 Å². The highest BCUT2D eigenvalue weighted by atomic mass is 35.5. The number of unbranched alkanes of at least 4 members (excludes halogenated alkanes) is 1. The molecule has 1 amide bonds. The zero-order valence-electron chi connectivity index (χ0n) is 18.4. The SMILES string of the molecule is COC(=O)CCCCN(CCCc1ccccc1Cl)C(=O)c1cc(OC)cc(OC)c1. The van der Waals surface area contributed by atoms with Crippen LogP contribution in [0.15, 0.2) is 42.5 Å². The molecule has 31 heavy (non-hydrogen) atoms. The van der Waals surface area contributed by atoms with Gasteiger partial charge in [-0.1, -0.05) is 29.8 Å². The predicted octanol–water partition coefficient (Wildman–Crippen LogP) is 4.78. The van der Waals surface area contributed by atoms with Crippen molar-refractivity contribution >= 4 is 23.5 Å². The number of halogens is 1. The van der Waals surface area contributed by atoms with Gasteiger partial charge in [0.1, 0.15) is 11.5 Å². The van der Waals surface area contributed by atoms with E-state index in [1.807, 2.05) is 29.2 Å². The van der Waals surface area contributed by atoms with Gasteiger partial charge >= 0.3 is 5.97 Å². The number of rotatable bonds is 12. The van der Waals surface area contributed by atoms with Gasteiger partial charge in [0.2, 0.25) is 0 Å². The van der Waals surface area contributed by atoms with E-state index in [-0.39, 0.29) is 11.9 Å². The summed E-state index contributed by atoms with van der Waals surface area (Å²) in [6, 6.07) is 12.9. The third-order valence-corrected chi connectivity index (χ3v) is 5.37. The van der Waals surface area contributed by atoms with Crippen molar-refractivity contribution in [2.75, 3.05) is 34.4 Å². The molecule has 0 bridgehead atoms. The lowest BCUT2D eigenvalue weighted by Gasteiger charge is -2.23. The van der Waals surface area contributed by atoms with E-state index in [0.717, 1.165) is 23.4 Å². The number of hydrogen-bond acceptors (Lipinski definition) is 5. The fourth-order valence-corrected chi connectivity index (χ4v) is 3.49. The highest BCUT2D eigenvalue weighted by Crippen LogP contribution is 2.24. The Balaban J connectivity index is 2.09. The minimum Gasteiger partial charge on any atom is -0.497 e. The summed E-state index contributed by atoms with van der Waals surface area (Å²) in [5.74, 6) is 0.775. The van der Waals surface area contributed by atoms with Crippen LogP contribution >= 0.6 is 11.6 Å². The summed E-state index contributed by atoms with van der Waals surface area (Å²) in [5, 5.41) is 0.732. The topological polar surface area (TPSA) is 65.1 Å². The maximum absolute atomic E-state index is 13.3. The monoisotopic (exact) mass is 447 g/mol. The Morgan fingerprint density at radius 1 is 0.903 bits per heavy atom. The van der Waals surface area contributed by atoms with Crippen LogP contribution in [0.1, 0.15) is 41.6 Å². The molecule has 2 aromatic carbocycles. The van der Waals surface area contributed by atoms with Crippen molar-refractivity contribution in [3.05, 3.63) is 58.6 Å². The van der Waals surface area contributed by atoms with Gasteiger partial charge in [-0.25, -0.2) is 0 Å². The van der Waals surface area contributed by atoms with Crippen molar-refractivity contribution in [1.29, 1.82) is 0 Å². The third-order valence-electron chi connectivity index (χ3n) is 5.00. The molecule has 0 atom stereocenters. The van der Waals surface area contributed by atoms with Gasteiger partial charge in [-0.2, -0.15) is 0 Å². The first-order valence-electron chi connectivity index (χ1n) is 10.3. The van der Waals surface area contributed by atoms with Gasteiger partial charge in [-0.15, -0.1) is 0 Å². The average Bonchev–Trinajstić information content (AvgIpc) is 2.80. The molecule has 2 aromatic rings. The largest absolute Gasteiger partial charge is 0.497 e. The van der Waals surface area contributed by atoms with E-state index in [0.29, 0.717) is 49.4 Å². The van der Waals surface area contributed by atoms with E-state index in [4.69, 9.17) is 25.8 Å². The number of methoxy groups -OCH3 is 3. The lowest BCUT2D eigenvalue weighted by Crippen LogP contribution is -2.33. The molecule has 0 unspecified atom stereocenters. The molecule has 0 aromatic heterocycles. The highest BCUT2D eigenvalue weighted by molar-refractivity contribution is 6.31. The molecule has 0 saturated carbocycles. The molecule has 2 rings (SSSR count). The first-order chi connectivity index (χ1) is 15.0. The number of amides is 1. The van der Waals surface area contributed by atoms with E-state index >= 15 is 0 Å². The van der Waals surface area contributed by atoms with Gasteiger partial charge in [0, 0.05) is 36.2 Å². The van der Waals surface area contributed by atoms with Crippen molar-refractivity contribution in [2.45, 2.75) is 32.1 Å². The van der Waals surface area contributed by atoms with Crippen LogP contribution in [0, 0.1) is 0 Å². The Morgan fingerprint density at radius 2 is 1.55 bits per heavy atom. The molecule has 0 aliphatic rings. The van der Waals surface area contributed by atoms with Crippen molar-refractivity contribution < 1.29 is 23.8 Å². The van der Waals surface area contributed by atoms with E-state index in [9.17, 15) is 9.59 Å². The molecule has 0 radical (unpaired) electrons. The zero-order chi connectivity index (χ0) is 22.6. The Kier molecular flexibility index (Phi) is 10.2. The quantitative estimate of drug-likeness (QED) is 0.346. The molecule has 0 saturated heterocycles. The lowest BCUT2D eigenvalue weighted by molar-refractivity contribution is -0.140. The van der Waals surface area contributed by atoms with Gasteiger partial charge in [-0.05, 0) is 49.4 Å². The van der Waals surface area contributed by atoms with E-state index in [2.05, 4.69) is 0 Å². The molecule has 0 heterocycles. The Bertz CT molecular complexity index is 849. The van der Waals surface area contributed by atoms with Crippen molar-refractivity contribution in [3.8, 4) is 11.5 Å². The van der Waals surface area contributed by atoms with Gasteiger partial charge in [0.25, 0.3) is 5.91 Å². The molecular formula is C24H30ClNO5. The molecule has 7 heteroatoms. The van der Waals surface area contributed by atoms with E-state index in [1.54, 1.807) is 32.4 Å². The van der Waals surface area contributed by atoms with Crippen LogP contribution in [0.3, 0.4) is 0 Å². The summed E-state index contributed by atoms with van der Waals surface area (Å²) in [6.45, 7) is 1.11. The summed E-state index contributed by atoms with van der Waals surface area (Å²) in [4.78, 5) is 26.5. The second kappa shape index (κ2) is 12.8. The fourth-order valence-electron chi connectivity index (χ4n) is 3.26. The molecular weight excluding hydrogens is 418 g/mol. The van der Waals surface area contributed by atoms with E-state index < -0.39 is 0 Å². The number of esters is 1. The molecule has 0 aliphatic heterocycles. The first kappa shape index (κ1) is 24.5. The first-order valence-corrected chi connectivity index (χ1v) is 10.7. The summed E-state index contributed by atoms with van der Waals surface area (Å²) in [6.07, 6.45) is 3.24. The Labute approximate surface area is 189 Å². The van der Waals surface area contributed by atoms with Crippen LogP contribution in [0.25, 0.3) is 0 Å². The summed E-state index contributed by atoms with van der Waals surface area (Å²) < 4.78 is 15.3. The maximum Gasteiger partial charge on any atom is 0.305 e. The number of benzene rings is 2. The van der Waals surface area contributed by atoms with Crippen LogP contribution in [-0.4, -0.2) is 51.2 Å². The molecule has 0 spiro atoms. The zero-order valence-corrected chi connectivity index (χ0v) is 19.1. The smallest absolute Gasteiger partial charge is 0.305 e. The second-order valence-electron chi connectivity index (χ2n) is 7.12. The van der Waals surface area contributed by atoms with Gasteiger partial charge in [-0.3, -0.25) is 9.59 Å². The minimum absolute atomic E-state index is 0.102. The normalized spacial score (nSPS) is 10.5. The number of carbonyl (C=O) groups excluding carboxylic acids is 2. The number of nitrogens with zero attached hydrogens (tertiary/aromatic N) is 1. The number of carbonyl (C=O) groups is 2. The van der Waals surface area contributed by atoms with Crippen LogP contribution < -0.4 is 9.47 Å². The minimum atomic E-state index is -0.242. The van der Waals surface area contributed by atoms with Crippen molar-refractivity contribution in [2.24, 2.45) is 0 Å². The Hall–Kier alpha value is -2.73. The molecule has 168 valence electrons. The number of aryl methyl sites for hydroxylation is 1. The van der Waals surface area contributed by atoms with Crippen molar-refractivity contribution in [3.63, 3.8) is 0 Å². The van der Waals surface area contributed by atoms with Crippen molar-refractivity contribution in [1.82, 2.24) is 4.90 Å². The predicted molar refractivity (Wildman–Crippen MR) is 121 cm³/mol. The average molecular weight is 448 g/mol. The third kappa shape index (κ3) is 7.79. The van der Waals surface area contributed by atoms with Crippen LogP contribution in [0.4, 0.5) is 0 Å². The van der Waals surface area contributed by atoms with Gasteiger partial charge in [0.15, 0.2) is 0 Å². The molecule has 0 fully saturated rings. The highest BCUT2D eigenvalue weighted by Gasteiger charge is 2.18. The van der Waals surface area contributed by atoms with Gasteiger partial charge < -0.3 is 19.1 Å². The molecule has 0 N–H and O–H groups in total. The molecule has 6 nitrogen and oxygen atoms in total. The summed E-state index contributed by atoms with van der Waals surface area (Å²) >= 11 is 6.26. The lowest BCUT2D eigenvalue weighted by atomic mass is 10.1. The summed E-state index contributed by atoms with van der Waals surface area (Å²) in [7, 11) is 4.48. The number of hydrogen-bond donors (Lipinski definition) is 0.